The Morgan fingerprint density at radius 3 is 0.887 bits per heavy atom. The number of rotatable bonds is 0. The fraction of sp³-hybridized carbons (Fsp3) is 0.595. The zero-order valence-corrected chi connectivity index (χ0v) is 37.1. The summed E-state index contributed by atoms with van der Waals surface area (Å²) < 4.78 is 1.89. The maximum absolute atomic E-state index is 9.82. The van der Waals surface area contributed by atoms with Crippen LogP contribution in [0.2, 0.25) is 0 Å². The first kappa shape index (κ1) is 76.9. The zero-order valence-electron chi connectivity index (χ0n) is 37.1. The zero-order chi connectivity index (χ0) is 44.6. The summed E-state index contributed by atoms with van der Waals surface area (Å²) in [7, 11) is 18.4. The molecule has 0 aliphatic rings. The van der Waals surface area contributed by atoms with Gasteiger partial charge in [0.2, 0.25) is 0 Å². The quantitative estimate of drug-likeness (QED) is 0.0356. The van der Waals surface area contributed by atoms with Gasteiger partial charge in [-0.25, -0.2) is 24.5 Å². The van der Waals surface area contributed by atoms with E-state index in [9.17, 15) is 20.8 Å². The molecule has 0 aromatic carbocycles. The van der Waals surface area contributed by atoms with Gasteiger partial charge in [-0.3, -0.25) is 0 Å². The van der Waals surface area contributed by atoms with E-state index < -0.39 is 0 Å². The molecule has 0 atom stereocenters. The molecule has 0 rings (SSSR count). The summed E-state index contributed by atoms with van der Waals surface area (Å²) in [5.41, 5.74) is 2.86. The Morgan fingerprint density at radius 1 is 0.528 bits per heavy atom. The lowest BCUT2D eigenvalue weighted by molar-refractivity contribution is -0.497. The van der Waals surface area contributed by atoms with E-state index in [4.69, 9.17) is 0 Å². The summed E-state index contributed by atoms with van der Waals surface area (Å²) in [6.07, 6.45) is 14.3. The Hall–Kier alpha value is -5.78. The Bertz CT molecular complexity index is 1060. The van der Waals surface area contributed by atoms with Crippen LogP contribution in [0.5, 0.6) is 0 Å². The molecule has 0 radical (unpaired) electrons. The van der Waals surface area contributed by atoms with Crippen molar-refractivity contribution in [3.05, 3.63) is 63.0 Å². The van der Waals surface area contributed by atoms with Crippen molar-refractivity contribution in [2.75, 3.05) is 84.6 Å². The monoisotopic (exact) mass is 751 g/mol. The number of aliphatic imine (C=N–C) groups is 5. The lowest BCUT2D eigenvalue weighted by atomic mass is 10.6. The first-order valence-electron chi connectivity index (χ1n) is 15.7. The highest BCUT2D eigenvalue weighted by atomic mass is 16.5. The number of hydrogen-bond acceptors (Lipinski definition) is 12. The Balaban J connectivity index is -0.0000000408. The summed E-state index contributed by atoms with van der Waals surface area (Å²) in [4.78, 5) is 17.8. The topological polar surface area (TPSA) is 203 Å². The molecule has 0 aliphatic heterocycles. The Labute approximate surface area is 323 Å². The molecule has 53 heavy (non-hydrogen) atoms. The largest absolute Gasteiger partial charge is 0.708 e. The van der Waals surface area contributed by atoms with Gasteiger partial charge in [-0.1, -0.05) is 12.2 Å². The van der Waals surface area contributed by atoms with Gasteiger partial charge in [0.25, 0.3) is 0 Å². The highest BCUT2D eigenvalue weighted by Crippen LogP contribution is 1.58. The molecule has 0 heterocycles. The van der Waals surface area contributed by atoms with Crippen LogP contribution in [-0.2, 0) is 0 Å². The van der Waals surface area contributed by atoms with Crippen molar-refractivity contribution >= 4 is 36.2 Å². The molecule has 0 amide bonds. The van der Waals surface area contributed by atoms with Crippen molar-refractivity contribution in [1.82, 2.24) is 0 Å². The van der Waals surface area contributed by atoms with Gasteiger partial charge >= 0.3 is 6.01 Å². The van der Waals surface area contributed by atoms with Gasteiger partial charge in [0, 0.05) is 55.3 Å². The molecule has 0 N–H and O–H groups in total. The number of hydroxylamine groups is 4. The van der Waals surface area contributed by atoms with Crippen LogP contribution in [-0.4, -0.2) is 140 Å². The van der Waals surface area contributed by atoms with E-state index in [1.165, 1.54) is 48.5 Å². The minimum atomic E-state index is 0.500. The van der Waals surface area contributed by atoms with Crippen molar-refractivity contribution in [3.8, 4) is 11.8 Å². The highest BCUT2D eigenvalue weighted by Gasteiger charge is 1.60. The van der Waals surface area contributed by atoms with Crippen molar-refractivity contribution in [2.45, 2.75) is 69.2 Å². The Kier molecular flexibility index (Phi) is 161. The first-order chi connectivity index (χ1) is 25.0. The number of hydrogen-bond donors (Lipinski definition) is 0. The summed E-state index contributed by atoms with van der Waals surface area (Å²) in [6, 6.07) is 4.47. The minimum absolute atomic E-state index is 0.500. The third-order valence-electron chi connectivity index (χ3n) is 3.03. The summed E-state index contributed by atoms with van der Waals surface area (Å²) >= 11 is 0. The van der Waals surface area contributed by atoms with Gasteiger partial charge in [0.15, 0.2) is 20.0 Å². The first-order valence-corrected chi connectivity index (χ1v) is 15.7. The Morgan fingerprint density at radius 2 is 0.887 bits per heavy atom. The lowest BCUT2D eigenvalue weighted by Crippen LogP contribution is -1.89. The molecule has 306 valence electrons. The van der Waals surface area contributed by atoms with Crippen LogP contribution in [0.4, 0.5) is 0 Å². The molecule has 16 heteroatoms. The number of azo groups is 2. The van der Waals surface area contributed by atoms with Crippen LogP contribution in [0.25, 0.3) is 0 Å². The number of nitrogens with zero attached hydrogens (tertiary/aromatic N) is 12. The second-order valence-corrected chi connectivity index (χ2v) is 7.22. The van der Waals surface area contributed by atoms with E-state index >= 15 is 0 Å². The normalized spacial score (nSPS) is 7.58. The fourth-order valence-corrected chi connectivity index (χ4v) is 0.718. The SMILES string of the molecule is CC#CC.CC=C=CC.CC=C=NC.CC=C=[N+](C)[O-].CC=CC.CC=NC.CC=[N+](C)[O-].CN=C=NC.CN=C=[N+](C)[O-].CN=NC.CN=[N+](C)[O-]. The molecule has 0 saturated carbocycles. The molecule has 0 aliphatic carbocycles. The van der Waals surface area contributed by atoms with Crippen LogP contribution in [0.15, 0.2) is 82.5 Å². The van der Waals surface area contributed by atoms with Crippen LogP contribution in [0.1, 0.15) is 69.2 Å². The van der Waals surface area contributed by atoms with Gasteiger partial charge in [0.1, 0.15) is 20.3 Å². The van der Waals surface area contributed by atoms with Crippen molar-refractivity contribution in [2.24, 2.45) is 40.3 Å². The molecule has 0 saturated heterocycles. The highest BCUT2D eigenvalue weighted by molar-refractivity contribution is 5.52. The van der Waals surface area contributed by atoms with Gasteiger partial charge in [0.05, 0.1) is 20.1 Å². The summed E-state index contributed by atoms with van der Waals surface area (Å²) in [5, 5.41) is 48.7. The van der Waals surface area contributed by atoms with Gasteiger partial charge in [-0.15, -0.1) is 22.4 Å². The van der Waals surface area contributed by atoms with E-state index in [0.29, 0.717) is 14.3 Å². The molecule has 0 bridgehead atoms. The summed E-state index contributed by atoms with van der Waals surface area (Å²) in [6.45, 7) is 18.7. The second kappa shape index (κ2) is 111. The van der Waals surface area contributed by atoms with Crippen molar-refractivity contribution < 1.29 is 19.1 Å². The number of allylic oxidation sites excluding steroid dienone is 5. The maximum atomic E-state index is 9.82. The van der Waals surface area contributed by atoms with E-state index in [0.717, 1.165) is 4.74 Å². The van der Waals surface area contributed by atoms with E-state index in [1.54, 1.807) is 74.5 Å². The molecule has 0 aromatic heterocycles. The van der Waals surface area contributed by atoms with E-state index in [2.05, 4.69) is 81.6 Å². The smallest absolute Gasteiger partial charge is 0.309 e. The van der Waals surface area contributed by atoms with Crippen LogP contribution >= 0.6 is 0 Å². The second-order valence-electron chi connectivity index (χ2n) is 7.22. The van der Waals surface area contributed by atoms with Gasteiger partial charge in [-0.05, 0) is 103 Å². The average Bonchev–Trinajstić information content (AvgIpc) is 3.14. The third-order valence-corrected chi connectivity index (χ3v) is 3.03. The predicted octanol–water partition coefficient (Wildman–Crippen LogP) is 7.76. The van der Waals surface area contributed by atoms with Gasteiger partial charge in [-0.2, -0.15) is 15.0 Å². The standard InChI is InChI=1S/C5H8.C4H7NO.C4H7N.C4H8.C4H6.C3H6N2O.C3H6N2.C3H7NO.C3H7N.C2H6N2O.C2H6N2/c1-3-5-4-2;1-3-4-5(2)6;1-3-4-5-2;2*1-3-4-2;1-4-3-5(2)6;1-4-3-5-2;1-3-4(2)5;1-3-4-2;1-3-4(2)5;1-3-4-2/h3-4H,1-2H3;3H,1-2H3;3H,1-2H3;3-4H,1-2H3;1-2H3;1-2H3;1-2H3;3H,1-2H3;3H,1-2H3;1-2H3;1-2H3. The third kappa shape index (κ3) is 447. The van der Waals surface area contributed by atoms with Crippen LogP contribution in [0.3, 0.4) is 0 Å². The molecule has 0 unspecified atom stereocenters. The maximum Gasteiger partial charge on any atom is 0.309 e. The minimum Gasteiger partial charge on any atom is -0.708 e. The fourth-order valence-electron chi connectivity index (χ4n) is 0.718. The molecular formula is C37H74N12O4. The predicted molar refractivity (Wildman–Crippen MR) is 233 cm³/mol. The van der Waals surface area contributed by atoms with E-state index in [-0.39, 0.29) is 0 Å². The molecule has 0 spiro atoms. The molecular weight excluding hydrogens is 676 g/mol. The molecule has 0 aromatic rings. The average molecular weight is 751 g/mol. The molecule has 0 fully saturated rings. The summed E-state index contributed by atoms with van der Waals surface area (Å²) in [5.74, 6) is 10.3. The van der Waals surface area contributed by atoms with Crippen LogP contribution < -0.4 is 0 Å². The van der Waals surface area contributed by atoms with Gasteiger partial charge < -0.3 is 25.8 Å². The van der Waals surface area contributed by atoms with E-state index in [1.807, 2.05) is 79.7 Å². The molecule has 16 nitrogen and oxygen atoms in total. The van der Waals surface area contributed by atoms with Crippen molar-refractivity contribution in [3.63, 3.8) is 0 Å². The van der Waals surface area contributed by atoms with Crippen molar-refractivity contribution in [1.29, 1.82) is 0 Å². The lowest BCUT2D eigenvalue weighted by Gasteiger charge is -1.87. The van der Waals surface area contributed by atoms with Crippen LogP contribution in [0, 0.1) is 32.7 Å².